The van der Waals surface area contributed by atoms with E-state index in [0.29, 0.717) is 0 Å². The van der Waals surface area contributed by atoms with Crippen molar-refractivity contribution >= 4 is 88.6 Å². The van der Waals surface area contributed by atoms with Crippen LogP contribution in [0.25, 0.3) is 11.3 Å². The molecule has 1 aliphatic rings. The Morgan fingerprint density at radius 1 is 0.885 bits per heavy atom. The molecule has 10 nitrogen and oxygen atoms in total. The van der Waals surface area contributed by atoms with Crippen molar-refractivity contribution < 1.29 is 39.3 Å². The zero-order chi connectivity index (χ0) is 17.8. The molecule has 0 fully saturated rings. The summed E-state index contributed by atoms with van der Waals surface area (Å²) in [6, 6.07) is 1.05. The van der Waals surface area contributed by atoms with Crippen molar-refractivity contribution in [3.8, 4) is 11.3 Å². The van der Waals surface area contributed by atoms with Crippen LogP contribution in [0.5, 0.6) is 0 Å². The minimum atomic E-state index is -1.74. The van der Waals surface area contributed by atoms with Crippen molar-refractivity contribution in [2.24, 2.45) is 0 Å². The number of aromatic amines is 1. The molecule has 4 N–H and O–H groups in total. The van der Waals surface area contributed by atoms with Crippen LogP contribution in [0.15, 0.2) is 12.3 Å². The summed E-state index contributed by atoms with van der Waals surface area (Å²) in [5.74, 6) is -7.35. The molecule has 0 amide bonds. The Morgan fingerprint density at radius 2 is 1.50 bits per heavy atom. The van der Waals surface area contributed by atoms with Crippen molar-refractivity contribution in [1.29, 1.82) is 0 Å². The Labute approximate surface area is 188 Å². The van der Waals surface area contributed by atoms with Gasteiger partial charge in [0.15, 0.2) is 0 Å². The van der Waals surface area contributed by atoms with E-state index in [0.717, 1.165) is 12.3 Å². The second kappa shape index (κ2) is 7.82. The zero-order valence-corrected chi connectivity index (χ0v) is 11.5. The summed E-state index contributed by atoms with van der Waals surface area (Å²) in [6.07, 6.45) is 1.01. The van der Waals surface area contributed by atoms with E-state index in [1.54, 1.807) is 0 Å². The number of rotatable bonds is 3. The van der Waals surface area contributed by atoms with Gasteiger partial charge < -0.3 is 20.3 Å². The first-order chi connectivity index (χ1) is 11.3. The number of H-pyrrole nitrogens is 1. The van der Waals surface area contributed by atoms with E-state index >= 15 is 0 Å². The molecular weight excluding hydrogens is 370 g/mol. The first-order valence-electron chi connectivity index (χ1n) is 6.30. The Balaban J connectivity index is 0.00000169. The molecule has 0 saturated heterocycles. The number of Topliss-reactive ketones (excluding diaryl/α,β-unsaturated/α-hetero) is 2. The molecule has 0 aromatic carbocycles. The summed E-state index contributed by atoms with van der Waals surface area (Å²) < 4.78 is 0. The molecular formula is C14H8N2Na2O8. The number of nitrogens with one attached hydrogen (secondary N) is 1. The summed E-state index contributed by atoms with van der Waals surface area (Å²) in [5, 5.41) is 27.6. The average molecular weight is 378 g/mol. The molecule has 2 aromatic heterocycles. The van der Waals surface area contributed by atoms with E-state index < -0.39 is 57.6 Å². The van der Waals surface area contributed by atoms with E-state index in [-0.39, 0.29) is 70.4 Å². The topological polar surface area (TPSA) is 175 Å². The van der Waals surface area contributed by atoms with Crippen LogP contribution in [0.1, 0.15) is 52.1 Å². The fourth-order valence-corrected chi connectivity index (χ4v) is 2.58. The maximum absolute atomic E-state index is 12.2. The van der Waals surface area contributed by atoms with Gasteiger partial charge in [0.05, 0.1) is 16.8 Å². The number of fused-ring (bicyclic) bond motifs is 3. The molecule has 0 saturated carbocycles. The van der Waals surface area contributed by atoms with Gasteiger partial charge in [0.2, 0.25) is 5.78 Å². The van der Waals surface area contributed by atoms with Gasteiger partial charge in [0, 0.05) is 11.8 Å². The molecule has 0 unspecified atom stereocenters. The van der Waals surface area contributed by atoms with Crippen LogP contribution < -0.4 is 0 Å². The van der Waals surface area contributed by atoms with Crippen LogP contribution in [0.3, 0.4) is 0 Å². The molecule has 2 aromatic rings. The Kier molecular flexibility index (Phi) is 6.69. The molecule has 0 radical (unpaired) electrons. The minimum absolute atomic E-state index is 0. The van der Waals surface area contributed by atoms with Crippen LogP contribution in [0.4, 0.5) is 0 Å². The molecule has 26 heavy (non-hydrogen) atoms. The molecule has 0 spiro atoms. The van der Waals surface area contributed by atoms with Gasteiger partial charge in [-0.05, 0) is 6.07 Å². The number of ketones is 2. The van der Waals surface area contributed by atoms with Crippen molar-refractivity contribution in [2.45, 2.75) is 0 Å². The number of pyridine rings is 1. The second-order valence-electron chi connectivity index (χ2n) is 4.78. The third-order valence-corrected chi connectivity index (χ3v) is 3.51. The number of nitrogens with zero attached hydrogens (tertiary/aromatic N) is 1. The molecule has 0 bridgehead atoms. The Hall–Kier alpha value is -1.82. The van der Waals surface area contributed by atoms with Crippen molar-refractivity contribution in [1.82, 2.24) is 9.97 Å². The van der Waals surface area contributed by atoms with E-state index in [1.165, 1.54) is 0 Å². The van der Waals surface area contributed by atoms with Crippen LogP contribution in [-0.2, 0) is 0 Å². The molecule has 124 valence electrons. The second-order valence-corrected chi connectivity index (χ2v) is 4.78. The first-order valence-corrected chi connectivity index (χ1v) is 6.30. The third-order valence-electron chi connectivity index (χ3n) is 3.51. The molecule has 12 heteroatoms. The van der Waals surface area contributed by atoms with Crippen LogP contribution in [0, 0.1) is 0 Å². The van der Waals surface area contributed by atoms with Crippen molar-refractivity contribution in [2.75, 3.05) is 0 Å². The van der Waals surface area contributed by atoms with Crippen molar-refractivity contribution in [3.63, 3.8) is 0 Å². The quantitative estimate of drug-likeness (QED) is 0.396. The van der Waals surface area contributed by atoms with Crippen molar-refractivity contribution in [3.05, 3.63) is 40.3 Å². The standard InChI is InChI=1S/C14H6N2O8.2Na.2H/c17-10-5-6(13(21)22)9(14(23)24)16-7(5)4-3(12(19)20)1-2-15-8(4)11(10)18;;;;/h1-2,16H,(H,19,20)(H,21,22)(H,23,24);;;;. The number of carboxylic acids is 3. The van der Waals surface area contributed by atoms with E-state index in [1.807, 2.05) is 0 Å². The maximum atomic E-state index is 12.2. The van der Waals surface area contributed by atoms with Gasteiger partial charge >= 0.3 is 77.0 Å². The summed E-state index contributed by atoms with van der Waals surface area (Å²) in [7, 11) is 0. The van der Waals surface area contributed by atoms with Gasteiger partial charge in [-0.1, -0.05) is 0 Å². The number of aromatic carboxylic acids is 3. The fraction of sp³-hybridized carbons (Fsp3) is 0. The van der Waals surface area contributed by atoms with Gasteiger partial charge in [0.25, 0.3) is 5.78 Å². The molecule has 0 aliphatic heterocycles. The summed E-state index contributed by atoms with van der Waals surface area (Å²) in [5.41, 5.74) is -4.01. The van der Waals surface area contributed by atoms with Gasteiger partial charge in [-0.25, -0.2) is 14.4 Å². The average Bonchev–Trinajstić information content (AvgIpc) is 2.92. The summed E-state index contributed by atoms with van der Waals surface area (Å²) in [4.78, 5) is 64.2. The predicted molar refractivity (Wildman–Crippen MR) is 87.9 cm³/mol. The van der Waals surface area contributed by atoms with Crippen LogP contribution >= 0.6 is 0 Å². The number of hydrogen-bond acceptors (Lipinski definition) is 6. The first kappa shape index (κ1) is 22.2. The van der Waals surface area contributed by atoms with Gasteiger partial charge in [-0.15, -0.1) is 0 Å². The number of carbonyl (C=O) groups excluding carboxylic acids is 2. The third kappa shape index (κ3) is 3.15. The molecule has 3 rings (SSSR count). The van der Waals surface area contributed by atoms with E-state index in [4.69, 9.17) is 5.11 Å². The molecule has 2 heterocycles. The molecule has 0 atom stereocenters. The van der Waals surface area contributed by atoms with Crippen LogP contribution in [-0.4, -0.2) is 114 Å². The van der Waals surface area contributed by atoms with E-state index in [2.05, 4.69) is 9.97 Å². The Bertz CT molecular complexity index is 995. The molecule has 1 aliphatic carbocycles. The van der Waals surface area contributed by atoms with E-state index in [9.17, 15) is 34.2 Å². The van der Waals surface area contributed by atoms with Gasteiger partial charge in [0.1, 0.15) is 17.0 Å². The SMILES string of the molecule is O=C(O)c1ccnc2c1-c1[nH]c(C(=O)O)c(C(=O)O)c1C(=O)C2=O.[NaH].[NaH]. The zero-order valence-electron chi connectivity index (χ0n) is 11.5. The number of hydrogen-bond donors (Lipinski definition) is 4. The fourth-order valence-electron chi connectivity index (χ4n) is 2.58. The number of carbonyl (C=O) groups is 5. The monoisotopic (exact) mass is 378 g/mol. The van der Waals surface area contributed by atoms with Crippen LogP contribution in [0.2, 0.25) is 0 Å². The number of aromatic nitrogens is 2. The predicted octanol–water partition coefficient (Wildman–Crippen LogP) is -0.747. The summed E-state index contributed by atoms with van der Waals surface area (Å²) in [6.45, 7) is 0. The Morgan fingerprint density at radius 3 is 2.00 bits per heavy atom. The van der Waals surface area contributed by atoms with Gasteiger partial charge in [-0.2, -0.15) is 0 Å². The number of carboxylic acid groups (broad SMARTS) is 3. The summed E-state index contributed by atoms with van der Waals surface area (Å²) >= 11 is 0. The van der Waals surface area contributed by atoms with Gasteiger partial charge in [-0.3, -0.25) is 14.6 Å². The normalized spacial score (nSPS) is 11.5.